The van der Waals surface area contributed by atoms with Crippen molar-refractivity contribution in [2.24, 2.45) is 0 Å². The minimum absolute atomic E-state index is 0.0530. The summed E-state index contributed by atoms with van der Waals surface area (Å²) in [4.78, 5) is 12.3. The van der Waals surface area contributed by atoms with Crippen LogP contribution in [0.25, 0.3) is 0 Å². The topological polar surface area (TPSA) is 63.7 Å². The smallest absolute Gasteiger partial charge is 0.277 e. The number of hydrogen-bond donors (Lipinski definition) is 0. The van der Waals surface area contributed by atoms with Crippen molar-refractivity contribution in [3.63, 3.8) is 0 Å². The normalized spacial score (nSPS) is 24.1. The number of sulfonamides is 1. The summed E-state index contributed by atoms with van der Waals surface area (Å²) in [5, 5.41) is 0. The lowest BCUT2D eigenvalue weighted by Gasteiger charge is -2.18. The van der Waals surface area contributed by atoms with Gasteiger partial charge in [0.1, 0.15) is 5.75 Å². The number of carbonyl (C=O) groups is 1. The summed E-state index contributed by atoms with van der Waals surface area (Å²) in [7, 11) is -3.42. The van der Waals surface area contributed by atoms with E-state index in [1.807, 2.05) is 25.1 Å². The summed E-state index contributed by atoms with van der Waals surface area (Å²) in [6.07, 6.45) is 0.248. The Labute approximate surface area is 112 Å². The van der Waals surface area contributed by atoms with E-state index in [2.05, 4.69) is 0 Å². The SMILES string of the molecule is Cc1cccc2c1OC(C(=O)N1CCCS1(=O)=O)C2. The van der Waals surface area contributed by atoms with Crippen LogP contribution in [0.5, 0.6) is 5.75 Å². The molecule has 0 radical (unpaired) electrons. The Morgan fingerprint density at radius 2 is 2.21 bits per heavy atom. The largest absolute Gasteiger partial charge is 0.480 e. The lowest BCUT2D eigenvalue weighted by molar-refractivity contribution is -0.132. The van der Waals surface area contributed by atoms with Gasteiger partial charge in [0, 0.05) is 13.0 Å². The van der Waals surface area contributed by atoms with E-state index in [1.165, 1.54) is 0 Å². The number of hydrogen-bond acceptors (Lipinski definition) is 4. The van der Waals surface area contributed by atoms with Crippen LogP contribution < -0.4 is 4.74 Å². The number of aryl methyl sites for hydroxylation is 1. The van der Waals surface area contributed by atoms with Crippen LogP contribution in [0.3, 0.4) is 0 Å². The van der Waals surface area contributed by atoms with Gasteiger partial charge >= 0.3 is 0 Å². The number of fused-ring (bicyclic) bond motifs is 1. The lowest BCUT2D eigenvalue weighted by Crippen LogP contribution is -2.42. The number of para-hydroxylation sites is 1. The molecule has 0 spiro atoms. The van der Waals surface area contributed by atoms with Crippen molar-refractivity contribution in [3.05, 3.63) is 29.3 Å². The monoisotopic (exact) mass is 281 g/mol. The molecule has 0 aliphatic carbocycles. The predicted molar refractivity (Wildman–Crippen MR) is 69.4 cm³/mol. The van der Waals surface area contributed by atoms with E-state index in [4.69, 9.17) is 4.74 Å². The van der Waals surface area contributed by atoms with Gasteiger partial charge in [-0.3, -0.25) is 4.79 Å². The highest BCUT2D eigenvalue weighted by atomic mass is 32.2. The van der Waals surface area contributed by atoms with E-state index >= 15 is 0 Å². The molecule has 1 aromatic rings. The quantitative estimate of drug-likeness (QED) is 0.766. The predicted octanol–water partition coefficient (Wildman–Crippen LogP) is 0.861. The van der Waals surface area contributed by atoms with E-state index in [0.717, 1.165) is 21.2 Å². The second-order valence-corrected chi connectivity index (χ2v) is 6.97. The van der Waals surface area contributed by atoms with E-state index < -0.39 is 22.0 Å². The Morgan fingerprint density at radius 3 is 2.84 bits per heavy atom. The van der Waals surface area contributed by atoms with Crippen molar-refractivity contribution in [1.82, 2.24) is 4.31 Å². The molecule has 2 heterocycles. The van der Waals surface area contributed by atoms with Crippen LogP contribution in [0.2, 0.25) is 0 Å². The maximum Gasteiger partial charge on any atom is 0.277 e. The number of carbonyl (C=O) groups excluding carboxylic acids is 1. The van der Waals surface area contributed by atoms with Crippen molar-refractivity contribution in [1.29, 1.82) is 0 Å². The first-order valence-corrected chi connectivity index (χ1v) is 7.89. The van der Waals surface area contributed by atoms with Crippen LogP contribution in [0.15, 0.2) is 18.2 Å². The van der Waals surface area contributed by atoms with Gasteiger partial charge in [0.2, 0.25) is 10.0 Å². The highest BCUT2D eigenvalue weighted by Crippen LogP contribution is 2.33. The molecule has 3 rings (SSSR count). The third-order valence-electron chi connectivity index (χ3n) is 3.58. The summed E-state index contributed by atoms with van der Waals surface area (Å²) in [6, 6.07) is 5.74. The van der Waals surface area contributed by atoms with Crippen LogP contribution in [0, 0.1) is 6.92 Å². The molecule has 6 heteroatoms. The summed E-state index contributed by atoms with van der Waals surface area (Å²) >= 11 is 0. The third kappa shape index (κ3) is 2.00. The molecule has 1 atom stereocenters. The van der Waals surface area contributed by atoms with Crippen LogP contribution in [0.1, 0.15) is 17.5 Å². The standard InChI is InChI=1S/C13H15NO4S/c1-9-4-2-5-10-8-11(18-12(9)10)13(15)14-6-3-7-19(14,16)17/h2,4-5,11H,3,6-8H2,1H3. The van der Waals surface area contributed by atoms with Crippen molar-refractivity contribution in [3.8, 4) is 5.75 Å². The molecule has 1 aromatic carbocycles. The average molecular weight is 281 g/mol. The van der Waals surface area contributed by atoms with Crippen molar-refractivity contribution in [2.75, 3.05) is 12.3 Å². The van der Waals surface area contributed by atoms with Gasteiger partial charge in [0.15, 0.2) is 6.10 Å². The van der Waals surface area contributed by atoms with Gasteiger partial charge in [-0.15, -0.1) is 0 Å². The Balaban J connectivity index is 1.84. The Hall–Kier alpha value is -1.56. The third-order valence-corrected chi connectivity index (χ3v) is 5.42. The number of ether oxygens (including phenoxy) is 1. The van der Waals surface area contributed by atoms with Crippen molar-refractivity contribution in [2.45, 2.75) is 25.9 Å². The maximum atomic E-state index is 12.3. The van der Waals surface area contributed by atoms with Gasteiger partial charge in [-0.25, -0.2) is 12.7 Å². The molecule has 19 heavy (non-hydrogen) atoms. The molecule has 2 aliphatic rings. The Morgan fingerprint density at radius 1 is 1.42 bits per heavy atom. The number of benzene rings is 1. The lowest BCUT2D eigenvalue weighted by atomic mass is 10.1. The van der Waals surface area contributed by atoms with Crippen LogP contribution >= 0.6 is 0 Å². The van der Waals surface area contributed by atoms with E-state index in [9.17, 15) is 13.2 Å². The second-order valence-electron chi connectivity index (χ2n) is 4.95. The number of nitrogens with zero attached hydrogens (tertiary/aromatic N) is 1. The molecule has 5 nitrogen and oxygen atoms in total. The molecule has 0 saturated carbocycles. The van der Waals surface area contributed by atoms with Gasteiger partial charge in [-0.2, -0.15) is 0 Å². The first-order chi connectivity index (χ1) is 8.99. The van der Waals surface area contributed by atoms with Gasteiger partial charge in [-0.1, -0.05) is 18.2 Å². The number of amides is 1. The minimum Gasteiger partial charge on any atom is -0.480 e. The molecule has 0 bridgehead atoms. The highest BCUT2D eigenvalue weighted by Gasteiger charge is 2.40. The van der Waals surface area contributed by atoms with E-state index in [1.54, 1.807) is 0 Å². The first-order valence-electron chi connectivity index (χ1n) is 6.28. The Kier molecular flexibility index (Phi) is 2.78. The molecule has 1 amide bonds. The maximum absolute atomic E-state index is 12.3. The molecule has 2 aliphatic heterocycles. The average Bonchev–Trinajstić information content (AvgIpc) is 2.92. The highest BCUT2D eigenvalue weighted by molar-refractivity contribution is 7.89. The minimum atomic E-state index is -3.42. The fourth-order valence-corrected chi connectivity index (χ4v) is 4.12. The molecular formula is C13H15NO4S. The zero-order chi connectivity index (χ0) is 13.6. The molecule has 102 valence electrons. The molecule has 1 fully saturated rings. The van der Waals surface area contributed by atoms with Crippen LogP contribution in [0.4, 0.5) is 0 Å². The molecule has 1 unspecified atom stereocenters. The first kappa shape index (κ1) is 12.5. The molecule has 0 N–H and O–H groups in total. The summed E-state index contributed by atoms with van der Waals surface area (Å²) in [5.41, 5.74) is 1.94. The van der Waals surface area contributed by atoms with Crippen molar-refractivity contribution >= 4 is 15.9 Å². The van der Waals surface area contributed by atoms with Gasteiger partial charge < -0.3 is 4.74 Å². The van der Waals surface area contributed by atoms with Gasteiger partial charge in [0.25, 0.3) is 5.91 Å². The molecular weight excluding hydrogens is 266 g/mol. The molecule has 0 aromatic heterocycles. The van der Waals surface area contributed by atoms with Crippen molar-refractivity contribution < 1.29 is 17.9 Å². The summed E-state index contributed by atoms with van der Waals surface area (Å²) < 4.78 is 30.1. The fourth-order valence-electron chi connectivity index (χ4n) is 2.61. The zero-order valence-corrected chi connectivity index (χ0v) is 11.4. The van der Waals surface area contributed by atoms with Crippen LogP contribution in [-0.2, 0) is 21.2 Å². The van der Waals surface area contributed by atoms with E-state index in [0.29, 0.717) is 12.8 Å². The second kappa shape index (κ2) is 4.23. The summed E-state index contributed by atoms with van der Waals surface area (Å²) in [6.45, 7) is 2.19. The van der Waals surface area contributed by atoms with Crippen LogP contribution in [-0.4, -0.2) is 37.0 Å². The molecule has 1 saturated heterocycles. The fraction of sp³-hybridized carbons (Fsp3) is 0.462. The van der Waals surface area contributed by atoms with E-state index in [-0.39, 0.29) is 12.3 Å². The Bertz CT molecular complexity index is 638. The summed E-state index contributed by atoms with van der Waals surface area (Å²) in [5.74, 6) is 0.336. The number of rotatable bonds is 1. The van der Waals surface area contributed by atoms with Gasteiger partial charge in [0.05, 0.1) is 5.75 Å². The zero-order valence-electron chi connectivity index (χ0n) is 10.6. The van der Waals surface area contributed by atoms with Gasteiger partial charge in [-0.05, 0) is 24.5 Å².